The largest absolute Gasteiger partial charge is 0.391 e. The molecule has 0 aromatic carbocycles. The van der Waals surface area contributed by atoms with Crippen LogP contribution in [0.2, 0.25) is 0 Å². The molecule has 0 spiro atoms. The van der Waals surface area contributed by atoms with Gasteiger partial charge in [0, 0.05) is 6.92 Å². The molecule has 0 aromatic heterocycles. The molecule has 4 atom stereocenters. The van der Waals surface area contributed by atoms with E-state index in [0.29, 0.717) is 0 Å². The van der Waals surface area contributed by atoms with Crippen LogP contribution >= 0.6 is 0 Å². The zero-order chi connectivity index (χ0) is 11.3. The third-order valence-corrected chi connectivity index (χ3v) is 1.74. The van der Waals surface area contributed by atoms with Gasteiger partial charge in [0.2, 0.25) is 5.91 Å². The molecule has 6 heteroatoms. The summed E-state index contributed by atoms with van der Waals surface area (Å²) in [5.74, 6) is -0.504. The lowest BCUT2D eigenvalue weighted by Gasteiger charge is -2.26. The number of nitrogens with one attached hydrogen (secondary N) is 1. The Morgan fingerprint density at radius 1 is 1.36 bits per heavy atom. The highest BCUT2D eigenvalue weighted by molar-refractivity contribution is 5.74. The second kappa shape index (κ2) is 5.69. The third kappa shape index (κ3) is 3.82. The summed E-state index contributed by atoms with van der Waals surface area (Å²) in [5.41, 5.74) is 0. The van der Waals surface area contributed by atoms with Crippen molar-refractivity contribution in [2.75, 3.05) is 0 Å². The van der Waals surface area contributed by atoms with E-state index in [-0.39, 0.29) is 6.29 Å². The Labute approximate surface area is 81.5 Å². The van der Waals surface area contributed by atoms with Crippen molar-refractivity contribution in [3.8, 4) is 0 Å². The van der Waals surface area contributed by atoms with E-state index < -0.39 is 30.3 Å². The predicted molar refractivity (Wildman–Crippen MR) is 47.4 cm³/mol. The van der Waals surface area contributed by atoms with E-state index in [1.54, 1.807) is 0 Å². The molecule has 0 aliphatic rings. The smallest absolute Gasteiger partial charge is 0.217 e. The Hall–Kier alpha value is -0.980. The third-order valence-electron chi connectivity index (χ3n) is 1.74. The molecule has 0 unspecified atom stereocenters. The topological polar surface area (TPSA) is 107 Å². The normalized spacial score (nSPS) is 19.2. The molecule has 0 aromatic rings. The minimum absolute atomic E-state index is 0.187. The van der Waals surface area contributed by atoms with Crippen LogP contribution in [0.25, 0.3) is 0 Å². The number of carbonyl (C=O) groups excluding carboxylic acids is 2. The number of aliphatic hydroxyl groups excluding tert-OH is 3. The molecule has 0 saturated carbocycles. The van der Waals surface area contributed by atoms with Gasteiger partial charge >= 0.3 is 0 Å². The summed E-state index contributed by atoms with van der Waals surface area (Å²) in [7, 11) is 0. The number of rotatable bonds is 5. The van der Waals surface area contributed by atoms with Gasteiger partial charge in [-0.05, 0) is 6.92 Å². The molecular formula is C8H15NO5. The fraction of sp³-hybridized carbons (Fsp3) is 0.750. The number of amides is 1. The van der Waals surface area contributed by atoms with Crippen LogP contribution in [0, 0.1) is 0 Å². The number of aldehydes is 1. The van der Waals surface area contributed by atoms with E-state index in [2.05, 4.69) is 5.32 Å². The Morgan fingerprint density at radius 2 is 1.86 bits per heavy atom. The summed E-state index contributed by atoms with van der Waals surface area (Å²) in [6.07, 6.45) is -3.89. The second-order valence-electron chi connectivity index (χ2n) is 3.08. The fourth-order valence-corrected chi connectivity index (χ4v) is 0.992. The summed E-state index contributed by atoms with van der Waals surface area (Å²) in [6.45, 7) is 2.47. The first-order chi connectivity index (χ1) is 6.40. The lowest BCUT2D eigenvalue weighted by atomic mass is 10.0. The number of hydrogen-bond donors (Lipinski definition) is 4. The summed E-state index contributed by atoms with van der Waals surface area (Å²) < 4.78 is 0. The molecule has 14 heavy (non-hydrogen) atoms. The fourth-order valence-electron chi connectivity index (χ4n) is 0.992. The Morgan fingerprint density at radius 3 is 2.14 bits per heavy atom. The van der Waals surface area contributed by atoms with Gasteiger partial charge in [0.25, 0.3) is 0 Å². The van der Waals surface area contributed by atoms with Gasteiger partial charge < -0.3 is 25.4 Å². The van der Waals surface area contributed by atoms with Gasteiger partial charge in [-0.15, -0.1) is 0 Å². The van der Waals surface area contributed by atoms with Gasteiger partial charge in [-0.1, -0.05) is 0 Å². The zero-order valence-electron chi connectivity index (χ0n) is 8.04. The van der Waals surface area contributed by atoms with E-state index in [4.69, 9.17) is 10.2 Å². The Kier molecular flexibility index (Phi) is 5.29. The average molecular weight is 205 g/mol. The van der Waals surface area contributed by atoms with Crippen molar-refractivity contribution >= 4 is 12.2 Å². The van der Waals surface area contributed by atoms with Crippen molar-refractivity contribution in [2.45, 2.75) is 38.2 Å². The maximum absolute atomic E-state index is 10.7. The molecular weight excluding hydrogens is 190 g/mol. The summed E-state index contributed by atoms with van der Waals surface area (Å²) in [6, 6.07) is -1.19. The molecule has 0 aliphatic carbocycles. The van der Waals surface area contributed by atoms with E-state index in [1.165, 1.54) is 13.8 Å². The average Bonchev–Trinajstić information content (AvgIpc) is 2.11. The van der Waals surface area contributed by atoms with Crippen LogP contribution < -0.4 is 5.32 Å². The van der Waals surface area contributed by atoms with Crippen molar-refractivity contribution in [1.29, 1.82) is 0 Å². The van der Waals surface area contributed by atoms with Gasteiger partial charge in [0.05, 0.1) is 12.1 Å². The van der Waals surface area contributed by atoms with Crippen molar-refractivity contribution in [1.82, 2.24) is 5.32 Å². The molecule has 0 bridgehead atoms. The van der Waals surface area contributed by atoms with Crippen LogP contribution in [0.4, 0.5) is 0 Å². The van der Waals surface area contributed by atoms with Crippen LogP contribution in [0.3, 0.4) is 0 Å². The molecule has 0 heterocycles. The molecule has 0 rings (SSSR count). The van der Waals surface area contributed by atoms with Gasteiger partial charge in [-0.2, -0.15) is 0 Å². The number of hydrogen-bond acceptors (Lipinski definition) is 5. The molecule has 4 N–H and O–H groups in total. The van der Waals surface area contributed by atoms with Crippen LogP contribution in [0.1, 0.15) is 13.8 Å². The molecule has 82 valence electrons. The monoisotopic (exact) mass is 205 g/mol. The van der Waals surface area contributed by atoms with Crippen LogP contribution in [0.15, 0.2) is 0 Å². The predicted octanol–water partition coefficient (Wildman–Crippen LogP) is -2.21. The van der Waals surface area contributed by atoms with E-state index in [1.807, 2.05) is 0 Å². The summed E-state index contributed by atoms with van der Waals surface area (Å²) in [4.78, 5) is 20.9. The molecule has 0 radical (unpaired) electrons. The molecule has 0 aliphatic heterocycles. The molecule has 1 amide bonds. The van der Waals surface area contributed by atoms with Gasteiger partial charge in [-0.25, -0.2) is 0 Å². The Balaban J connectivity index is 4.53. The molecule has 0 saturated heterocycles. The number of carbonyl (C=O) groups is 2. The summed E-state index contributed by atoms with van der Waals surface area (Å²) >= 11 is 0. The van der Waals surface area contributed by atoms with Gasteiger partial charge in [0.15, 0.2) is 6.29 Å². The van der Waals surface area contributed by atoms with E-state index in [9.17, 15) is 14.7 Å². The van der Waals surface area contributed by atoms with Crippen LogP contribution in [-0.2, 0) is 9.59 Å². The molecule has 0 fully saturated rings. The first-order valence-corrected chi connectivity index (χ1v) is 4.16. The van der Waals surface area contributed by atoms with E-state index in [0.717, 1.165) is 0 Å². The standard InChI is InChI=1S/C8H15NO5/c1-4(11)8(14)7(6(13)3-10)9-5(2)12/h3-4,6-8,11,13-14H,1-2H3,(H,9,12)/t4-,6+,7+,8-/m1/s1. The van der Waals surface area contributed by atoms with E-state index >= 15 is 0 Å². The lowest BCUT2D eigenvalue weighted by molar-refractivity contribution is -0.126. The van der Waals surface area contributed by atoms with Crippen molar-refractivity contribution < 1.29 is 24.9 Å². The highest BCUT2D eigenvalue weighted by Gasteiger charge is 2.30. The zero-order valence-corrected chi connectivity index (χ0v) is 8.04. The number of aliphatic hydroxyl groups is 3. The van der Waals surface area contributed by atoms with Crippen LogP contribution in [0.5, 0.6) is 0 Å². The first kappa shape index (κ1) is 13.0. The maximum Gasteiger partial charge on any atom is 0.217 e. The van der Waals surface area contributed by atoms with Crippen LogP contribution in [-0.4, -0.2) is 51.9 Å². The molecule has 6 nitrogen and oxygen atoms in total. The maximum atomic E-state index is 10.7. The first-order valence-electron chi connectivity index (χ1n) is 4.16. The van der Waals surface area contributed by atoms with Gasteiger partial charge in [-0.3, -0.25) is 4.79 Å². The van der Waals surface area contributed by atoms with Gasteiger partial charge in [0.1, 0.15) is 12.2 Å². The SMILES string of the molecule is CC(=O)N[C@H]([C@H](O)[C@@H](C)O)[C@@H](O)C=O. The quantitative estimate of drug-likeness (QED) is 0.381. The minimum Gasteiger partial charge on any atom is -0.391 e. The van der Waals surface area contributed by atoms with Crippen molar-refractivity contribution in [3.63, 3.8) is 0 Å². The minimum atomic E-state index is -1.54. The summed E-state index contributed by atoms with van der Waals surface area (Å²) in [5, 5.41) is 29.7. The van der Waals surface area contributed by atoms with Crippen molar-refractivity contribution in [3.05, 3.63) is 0 Å². The Bertz CT molecular complexity index is 206. The second-order valence-corrected chi connectivity index (χ2v) is 3.08. The van der Waals surface area contributed by atoms with Crippen molar-refractivity contribution in [2.24, 2.45) is 0 Å². The lowest BCUT2D eigenvalue weighted by Crippen LogP contribution is -2.54. The highest BCUT2D eigenvalue weighted by Crippen LogP contribution is 2.03. The highest BCUT2D eigenvalue weighted by atomic mass is 16.3.